The summed E-state index contributed by atoms with van der Waals surface area (Å²) in [6, 6.07) is 13.8. The van der Waals surface area contributed by atoms with Crippen molar-refractivity contribution in [3.8, 4) is 0 Å². The number of para-hydroxylation sites is 1. The second kappa shape index (κ2) is 7.94. The lowest BCUT2D eigenvalue weighted by molar-refractivity contribution is -0.117. The maximum Gasteiger partial charge on any atom is 0.246 e. The minimum Gasteiger partial charge on any atom is -0.356 e. The fourth-order valence-electron chi connectivity index (χ4n) is 6.16. The van der Waals surface area contributed by atoms with E-state index in [1.807, 2.05) is 24.1 Å². The Morgan fingerprint density at radius 3 is 2.71 bits per heavy atom. The van der Waals surface area contributed by atoms with Gasteiger partial charge in [-0.2, -0.15) is 0 Å². The van der Waals surface area contributed by atoms with E-state index in [-0.39, 0.29) is 17.1 Å². The molecule has 31 heavy (non-hydrogen) atoms. The third-order valence-corrected chi connectivity index (χ3v) is 7.85. The number of piperidine rings is 1. The molecular formula is C26H32FN3O. The quantitative estimate of drug-likeness (QED) is 0.648. The average Bonchev–Trinajstić information content (AvgIpc) is 3.07. The van der Waals surface area contributed by atoms with E-state index in [0.29, 0.717) is 12.6 Å². The summed E-state index contributed by atoms with van der Waals surface area (Å²) < 4.78 is 13.1. The Hall–Kier alpha value is -2.40. The van der Waals surface area contributed by atoms with Crippen molar-refractivity contribution in [1.29, 1.82) is 0 Å². The number of unbranched alkanes of at least 4 members (excludes halogenated alkanes) is 1. The summed E-state index contributed by atoms with van der Waals surface area (Å²) >= 11 is 0. The van der Waals surface area contributed by atoms with E-state index in [1.165, 1.54) is 16.8 Å². The molecule has 2 aromatic rings. The molecule has 0 spiro atoms. The van der Waals surface area contributed by atoms with E-state index in [1.54, 1.807) is 12.1 Å². The van der Waals surface area contributed by atoms with Crippen molar-refractivity contribution in [2.24, 2.45) is 0 Å². The number of halogens is 1. The summed E-state index contributed by atoms with van der Waals surface area (Å²) in [6.07, 6.45) is 5.48. The summed E-state index contributed by atoms with van der Waals surface area (Å²) in [5.74, 6) is 0.0298. The van der Waals surface area contributed by atoms with Crippen LogP contribution in [0.25, 0.3) is 0 Å². The molecule has 1 saturated heterocycles. The first-order valence-corrected chi connectivity index (χ1v) is 11.7. The number of nitrogens with zero attached hydrogens (tertiary/aromatic N) is 3. The Morgan fingerprint density at radius 1 is 1.13 bits per heavy atom. The van der Waals surface area contributed by atoms with Gasteiger partial charge < -0.3 is 14.7 Å². The number of anilines is 2. The van der Waals surface area contributed by atoms with Crippen molar-refractivity contribution >= 4 is 17.3 Å². The van der Waals surface area contributed by atoms with E-state index in [9.17, 15) is 9.18 Å². The molecule has 164 valence electrons. The third-order valence-electron chi connectivity index (χ3n) is 7.85. The molecule has 3 aliphatic heterocycles. The van der Waals surface area contributed by atoms with Gasteiger partial charge in [-0.3, -0.25) is 4.79 Å². The van der Waals surface area contributed by atoms with Gasteiger partial charge >= 0.3 is 0 Å². The molecule has 2 atom stereocenters. The summed E-state index contributed by atoms with van der Waals surface area (Å²) in [7, 11) is 1.91. The van der Waals surface area contributed by atoms with Gasteiger partial charge in [-0.25, -0.2) is 4.39 Å². The molecule has 2 aromatic carbocycles. The van der Waals surface area contributed by atoms with Gasteiger partial charge in [-0.1, -0.05) is 31.2 Å². The Labute approximate surface area is 184 Å². The fourth-order valence-corrected chi connectivity index (χ4v) is 6.16. The number of benzene rings is 2. The third kappa shape index (κ3) is 3.34. The minimum atomic E-state index is -0.164. The van der Waals surface area contributed by atoms with E-state index < -0.39 is 0 Å². The lowest BCUT2D eigenvalue weighted by Gasteiger charge is -2.47. The van der Waals surface area contributed by atoms with Crippen molar-refractivity contribution in [3.63, 3.8) is 0 Å². The zero-order chi connectivity index (χ0) is 21.6. The SMILES string of the molecule is CCC12CN(CCCCc3ccc(F)cc3)CCC1N1CC(=O)N(C)c3cccc2c31. The van der Waals surface area contributed by atoms with Crippen LogP contribution in [0.1, 0.15) is 43.7 Å². The zero-order valence-corrected chi connectivity index (χ0v) is 18.6. The van der Waals surface area contributed by atoms with Crippen molar-refractivity contribution in [3.05, 3.63) is 59.4 Å². The number of likely N-dealkylation sites (tertiary alicyclic amines) is 1. The number of carbonyl (C=O) groups is 1. The zero-order valence-electron chi connectivity index (χ0n) is 18.6. The first-order valence-electron chi connectivity index (χ1n) is 11.7. The molecule has 5 rings (SSSR count). The maximum absolute atomic E-state index is 13.1. The second-order valence-corrected chi connectivity index (χ2v) is 9.43. The van der Waals surface area contributed by atoms with Crippen LogP contribution in [0.2, 0.25) is 0 Å². The predicted molar refractivity (Wildman–Crippen MR) is 123 cm³/mol. The highest BCUT2D eigenvalue weighted by Gasteiger charge is 2.54. The molecule has 2 unspecified atom stereocenters. The normalized spacial score (nSPS) is 25.0. The summed E-state index contributed by atoms with van der Waals surface area (Å²) in [4.78, 5) is 19.5. The largest absolute Gasteiger partial charge is 0.356 e. The van der Waals surface area contributed by atoms with Gasteiger partial charge in [0.2, 0.25) is 5.91 Å². The number of fused-ring (bicyclic) bond motifs is 3. The smallest absolute Gasteiger partial charge is 0.246 e. The van der Waals surface area contributed by atoms with Crippen molar-refractivity contribution in [2.45, 2.75) is 50.5 Å². The van der Waals surface area contributed by atoms with E-state index >= 15 is 0 Å². The van der Waals surface area contributed by atoms with Crippen LogP contribution in [0.3, 0.4) is 0 Å². The Morgan fingerprint density at radius 2 is 1.94 bits per heavy atom. The summed E-state index contributed by atoms with van der Waals surface area (Å²) in [6.45, 7) is 6.07. The topological polar surface area (TPSA) is 26.8 Å². The molecule has 3 aliphatic rings. The predicted octanol–water partition coefficient (Wildman–Crippen LogP) is 4.37. The lowest BCUT2D eigenvalue weighted by Crippen LogP contribution is -2.58. The van der Waals surface area contributed by atoms with E-state index in [4.69, 9.17) is 0 Å². The molecule has 1 fully saturated rings. The number of aryl methyl sites for hydroxylation is 1. The minimum absolute atomic E-state index is 0.103. The molecule has 1 amide bonds. The Balaban J connectivity index is 1.30. The van der Waals surface area contributed by atoms with Crippen LogP contribution < -0.4 is 9.80 Å². The van der Waals surface area contributed by atoms with E-state index in [0.717, 1.165) is 57.4 Å². The number of hydrogen-bond donors (Lipinski definition) is 0. The van der Waals surface area contributed by atoms with Crippen molar-refractivity contribution in [2.75, 3.05) is 43.0 Å². The highest BCUT2D eigenvalue weighted by atomic mass is 19.1. The van der Waals surface area contributed by atoms with Crippen LogP contribution >= 0.6 is 0 Å². The van der Waals surface area contributed by atoms with Crippen LogP contribution in [0.15, 0.2) is 42.5 Å². The van der Waals surface area contributed by atoms with Crippen LogP contribution in [0, 0.1) is 5.82 Å². The van der Waals surface area contributed by atoms with Gasteiger partial charge in [0.15, 0.2) is 0 Å². The van der Waals surface area contributed by atoms with Gasteiger partial charge in [0.1, 0.15) is 5.82 Å². The van der Waals surface area contributed by atoms with Gasteiger partial charge in [-0.15, -0.1) is 0 Å². The van der Waals surface area contributed by atoms with Gasteiger partial charge in [0.05, 0.1) is 17.9 Å². The average molecular weight is 422 g/mol. The monoisotopic (exact) mass is 421 g/mol. The molecule has 0 saturated carbocycles. The number of rotatable bonds is 6. The molecule has 0 N–H and O–H groups in total. The lowest BCUT2D eigenvalue weighted by atomic mass is 9.70. The fraction of sp³-hybridized carbons (Fsp3) is 0.500. The molecule has 0 aromatic heterocycles. The highest BCUT2D eigenvalue weighted by Crippen LogP contribution is 2.55. The van der Waals surface area contributed by atoms with Crippen molar-refractivity contribution < 1.29 is 9.18 Å². The summed E-state index contributed by atoms with van der Waals surface area (Å²) in [5, 5.41) is 0. The van der Waals surface area contributed by atoms with Crippen LogP contribution in [0.5, 0.6) is 0 Å². The highest BCUT2D eigenvalue weighted by molar-refractivity contribution is 6.04. The van der Waals surface area contributed by atoms with E-state index in [2.05, 4.69) is 34.9 Å². The number of likely N-dealkylation sites (N-methyl/N-ethyl adjacent to an activating group) is 1. The molecule has 0 bridgehead atoms. The van der Waals surface area contributed by atoms with Crippen molar-refractivity contribution in [1.82, 2.24) is 4.90 Å². The Bertz CT molecular complexity index is 975. The Kier molecular flexibility index (Phi) is 5.25. The first-order chi connectivity index (χ1) is 15.0. The maximum atomic E-state index is 13.1. The molecule has 3 heterocycles. The number of carbonyl (C=O) groups excluding carboxylic acids is 1. The number of hydrogen-bond acceptors (Lipinski definition) is 3. The van der Waals surface area contributed by atoms with Crippen LogP contribution in [0.4, 0.5) is 15.8 Å². The molecule has 5 heteroatoms. The van der Waals surface area contributed by atoms with Gasteiger partial charge in [-0.05, 0) is 68.0 Å². The molecule has 0 aliphatic carbocycles. The molecule has 0 radical (unpaired) electrons. The van der Waals surface area contributed by atoms with Gasteiger partial charge in [0, 0.05) is 31.6 Å². The standard InChI is InChI=1S/C26H32FN3O/c1-3-26-18-29(15-5-4-7-19-10-12-20(27)13-11-19)16-14-23(26)30-17-24(31)28(2)22-9-6-8-21(26)25(22)30/h6,8-13,23H,3-5,7,14-18H2,1-2H3. The van der Waals surface area contributed by atoms with Crippen LogP contribution in [-0.2, 0) is 16.6 Å². The summed E-state index contributed by atoms with van der Waals surface area (Å²) in [5.41, 5.74) is 5.13. The molecule has 4 nitrogen and oxygen atoms in total. The number of amides is 1. The molecular weight excluding hydrogens is 389 g/mol. The first kappa shape index (κ1) is 20.5. The van der Waals surface area contributed by atoms with Gasteiger partial charge in [0.25, 0.3) is 0 Å². The van der Waals surface area contributed by atoms with Crippen LogP contribution in [-0.4, -0.2) is 50.1 Å². The second-order valence-electron chi connectivity index (χ2n) is 9.43.